The summed E-state index contributed by atoms with van der Waals surface area (Å²) in [4.78, 5) is 4.22. The molecule has 0 radical (unpaired) electrons. The van der Waals surface area contributed by atoms with E-state index in [0.717, 1.165) is 10.6 Å². The average molecular weight is 261 g/mol. The molecule has 1 aromatic heterocycles. The summed E-state index contributed by atoms with van der Waals surface area (Å²) in [7, 11) is 0. The molecule has 0 aliphatic carbocycles. The Bertz CT molecular complexity index is 560. The van der Waals surface area contributed by atoms with Gasteiger partial charge in [0.2, 0.25) is 0 Å². The Kier molecular flexibility index (Phi) is 4.03. The fourth-order valence-corrected chi connectivity index (χ4v) is 2.24. The Morgan fingerprint density at radius 1 is 1.56 bits per heavy atom. The predicted octanol–water partition coefficient (Wildman–Crippen LogP) is 3.00. The quantitative estimate of drug-likeness (QED) is 0.920. The summed E-state index contributed by atoms with van der Waals surface area (Å²) < 4.78 is 13.1. The van der Waals surface area contributed by atoms with Crippen LogP contribution in [0.1, 0.15) is 29.1 Å². The molecule has 18 heavy (non-hydrogen) atoms. The summed E-state index contributed by atoms with van der Waals surface area (Å²) in [6.45, 7) is 2.60. The largest absolute Gasteiger partial charge is 0.304 e. The molecule has 1 aromatic carbocycles. The summed E-state index contributed by atoms with van der Waals surface area (Å²) in [5, 5.41) is 15.0. The van der Waals surface area contributed by atoms with E-state index in [2.05, 4.69) is 10.3 Å². The number of nitrogens with zero attached hydrogens (tertiary/aromatic N) is 2. The lowest BCUT2D eigenvalue weighted by Gasteiger charge is -2.11. The normalized spacial score (nSPS) is 12.1. The number of hydrogen-bond acceptors (Lipinski definition) is 4. The smallest absolute Gasteiger partial charge is 0.140 e. The van der Waals surface area contributed by atoms with E-state index < -0.39 is 5.82 Å². The number of aromatic nitrogens is 1. The van der Waals surface area contributed by atoms with Crippen molar-refractivity contribution in [3.63, 3.8) is 0 Å². The maximum absolute atomic E-state index is 13.1. The number of nitrogens with one attached hydrogen (secondary N) is 1. The molecule has 92 valence electrons. The Morgan fingerprint density at radius 3 is 3.06 bits per heavy atom. The molecule has 1 unspecified atom stereocenters. The van der Waals surface area contributed by atoms with Gasteiger partial charge in [-0.2, -0.15) is 5.26 Å². The van der Waals surface area contributed by atoms with E-state index in [0.29, 0.717) is 6.54 Å². The number of nitriles is 1. The molecule has 0 saturated carbocycles. The van der Waals surface area contributed by atoms with Crippen molar-refractivity contribution < 1.29 is 4.39 Å². The van der Waals surface area contributed by atoms with Crippen molar-refractivity contribution in [1.82, 2.24) is 10.3 Å². The Balaban J connectivity index is 2.01. The second kappa shape index (κ2) is 5.71. The van der Waals surface area contributed by atoms with Gasteiger partial charge >= 0.3 is 0 Å². The molecule has 0 aliphatic heterocycles. The number of benzene rings is 1. The van der Waals surface area contributed by atoms with Crippen LogP contribution in [0.2, 0.25) is 0 Å². The van der Waals surface area contributed by atoms with E-state index in [1.807, 2.05) is 18.4 Å². The van der Waals surface area contributed by atoms with Gasteiger partial charge in [0, 0.05) is 18.1 Å². The fourth-order valence-electron chi connectivity index (χ4n) is 1.57. The molecule has 0 saturated heterocycles. The van der Waals surface area contributed by atoms with Crippen molar-refractivity contribution in [3.05, 3.63) is 51.7 Å². The van der Waals surface area contributed by atoms with E-state index in [-0.39, 0.29) is 11.6 Å². The van der Waals surface area contributed by atoms with Crippen LogP contribution in [0.4, 0.5) is 4.39 Å². The molecule has 5 heteroatoms. The zero-order valence-corrected chi connectivity index (χ0v) is 10.7. The lowest BCUT2D eigenvalue weighted by molar-refractivity contribution is 0.569. The van der Waals surface area contributed by atoms with Crippen molar-refractivity contribution in [2.45, 2.75) is 19.5 Å². The third kappa shape index (κ3) is 2.92. The molecule has 1 atom stereocenters. The number of thiazole rings is 1. The van der Waals surface area contributed by atoms with Crippen LogP contribution in [0.3, 0.4) is 0 Å². The minimum Gasteiger partial charge on any atom is -0.304 e. The third-order valence-corrected chi connectivity index (χ3v) is 3.54. The van der Waals surface area contributed by atoms with Gasteiger partial charge in [-0.05, 0) is 24.6 Å². The van der Waals surface area contributed by atoms with Gasteiger partial charge in [-0.15, -0.1) is 11.3 Å². The van der Waals surface area contributed by atoms with Crippen molar-refractivity contribution in [3.8, 4) is 6.07 Å². The highest BCUT2D eigenvalue weighted by Gasteiger charge is 2.08. The molecule has 0 aliphatic rings. The van der Waals surface area contributed by atoms with Crippen LogP contribution >= 0.6 is 11.3 Å². The highest BCUT2D eigenvalue weighted by molar-refractivity contribution is 7.09. The minimum absolute atomic E-state index is 0.0798. The second-order valence-corrected chi connectivity index (χ2v) is 4.83. The molecule has 0 spiro atoms. The first-order chi connectivity index (χ1) is 8.70. The maximum Gasteiger partial charge on any atom is 0.140 e. The van der Waals surface area contributed by atoms with Gasteiger partial charge in [0.1, 0.15) is 16.9 Å². The zero-order valence-electron chi connectivity index (χ0n) is 9.85. The Morgan fingerprint density at radius 2 is 2.39 bits per heavy atom. The molecule has 2 rings (SSSR count). The average Bonchev–Trinajstić information content (AvgIpc) is 2.91. The fraction of sp³-hybridized carbons (Fsp3) is 0.231. The van der Waals surface area contributed by atoms with Crippen LogP contribution in [0.25, 0.3) is 0 Å². The zero-order chi connectivity index (χ0) is 13.0. The first-order valence-electron chi connectivity index (χ1n) is 5.52. The van der Waals surface area contributed by atoms with E-state index in [1.165, 1.54) is 6.07 Å². The summed E-state index contributed by atoms with van der Waals surface area (Å²) >= 11 is 1.59. The van der Waals surface area contributed by atoms with E-state index in [9.17, 15) is 4.39 Å². The Hall–Kier alpha value is -1.77. The highest BCUT2D eigenvalue weighted by atomic mass is 32.1. The molecule has 0 fully saturated rings. The molecule has 3 nitrogen and oxygen atoms in total. The van der Waals surface area contributed by atoms with Gasteiger partial charge in [0.15, 0.2) is 0 Å². The van der Waals surface area contributed by atoms with Crippen LogP contribution in [0.15, 0.2) is 29.8 Å². The molecule has 2 aromatic rings. The lowest BCUT2D eigenvalue weighted by atomic mass is 10.1. The van der Waals surface area contributed by atoms with Gasteiger partial charge in [-0.1, -0.05) is 6.07 Å². The number of halogens is 1. The van der Waals surface area contributed by atoms with E-state index in [1.54, 1.807) is 29.7 Å². The van der Waals surface area contributed by atoms with E-state index in [4.69, 9.17) is 5.26 Å². The van der Waals surface area contributed by atoms with Gasteiger partial charge in [-0.25, -0.2) is 9.37 Å². The standard InChI is InChI=1S/C13H12FN3S/c1-9(13-16-4-5-18-13)17-8-10-2-3-12(14)11(6-10)7-15/h2-6,9,17H,8H2,1H3. The van der Waals surface area contributed by atoms with Crippen LogP contribution in [0, 0.1) is 17.1 Å². The topological polar surface area (TPSA) is 48.7 Å². The lowest BCUT2D eigenvalue weighted by Crippen LogP contribution is -2.18. The van der Waals surface area contributed by atoms with E-state index >= 15 is 0 Å². The monoisotopic (exact) mass is 261 g/mol. The summed E-state index contributed by atoms with van der Waals surface area (Å²) in [6.07, 6.45) is 1.77. The van der Waals surface area contributed by atoms with Gasteiger partial charge in [0.05, 0.1) is 11.6 Å². The predicted molar refractivity (Wildman–Crippen MR) is 68.5 cm³/mol. The SMILES string of the molecule is CC(NCc1ccc(F)c(C#N)c1)c1nccs1. The van der Waals surface area contributed by atoms with Crippen LogP contribution < -0.4 is 5.32 Å². The van der Waals surface area contributed by atoms with Crippen molar-refractivity contribution in [1.29, 1.82) is 5.26 Å². The van der Waals surface area contributed by atoms with Gasteiger partial charge in [0.25, 0.3) is 0 Å². The molecular formula is C13H12FN3S. The third-order valence-electron chi connectivity index (χ3n) is 2.59. The van der Waals surface area contributed by atoms with Crippen LogP contribution in [-0.4, -0.2) is 4.98 Å². The molecule has 1 N–H and O–H groups in total. The van der Waals surface area contributed by atoms with Crippen LogP contribution in [-0.2, 0) is 6.54 Å². The minimum atomic E-state index is -0.478. The summed E-state index contributed by atoms with van der Waals surface area (Å²) in [6, 6.07) is 6.54. The second-order valence-electron chi connectivity index (χ2n) is 3.90. The first kappa shape index (κ1) is 12.7. The molecular weight excluding hydrogens is 249 g/mol. The molecule has 0 amide bonds. The maximum atomic E-state index is 13.1. The van der Waals surface area contributed by atoms with Gasteiger partial charge < -0.3 is 5.32 Å². The first-order valence-corrected chi connectivity index (χ1v) is 6.40. The highest BCUT2D eigenvalue weighted by Crippen LogP contribution is 2.16. The summed E-state index contributed by atoms with van der Waals surface area (Å²) in [5.74, 6) is -0.478. The van der Waals surface area contributed by atoms with Gasteiger partial charge in [-0.3, -0.25) is 0 Å². The molecule has 0 bridgehead atoms. The van der Waals surface area contributed by atoms with Crippen molar-refractivity contribution in [2.75, 3.05) is 0 Å². The van der Waals surface area contributed by atoms with Crippen LogP contribution in [0.5, 0.6) is 0 Å². The Labute approximate surface area is 109 Å². The number of rotatable bonds is 4. The summed E-state index contributed by atoms with van der Waals surface area (Å²) in [5.41, 5.74) is 0.965. The van der Waals surface area contributed by atoms with Crippen molar-refractivity contribution in [2.24, 2.45) is 0 Å². The number of hydrogen-bond donors (Lipinski definition) is 1. The molecule has 1 heterocycles. The van der Waals surface area contributed by atoms with Crippen molar-refractivity contribution >= 4 is 11.3 Å².